The van der Waals surface area contributed by atoms with E-state index in [1.165, 1.54) is 0 Å². The maximum Gasteiger partial charge on any atom is 0.315 e. The molecular weight excluding hydrogens is 270 g/mol. The standard InChI is InChI=1S/C15H21N3O3/c1-15(2,10-19)17-14(21)16-11-8-13(20)18(9-11)12-6-4-3-5-7-12/h3-7,11,19H,8-10H2,1-2H3,(H2,16,17,21). The third kappa shape index (κ3) is 3.95. The van der Waals surface area contributed by atoms with Crippen LogP contribution in [0.15, 0.2) is 30.3 Å². The monoisotopic (exact) mass is 291 g/mol. The summed E-state index contributed by atoms with van der Waals surface area (Å²) in [7, 11) is 0. The second-order valence-corrected chi connectivity index (χ2v) is 5.88. The lowest BCUT2D eigenvalue weighted by Crippen LogP contribution is -2.53. The summed E-state index contributed by atoms with van der Waals surface area (Å²) in [4.78, 5) is 25.6. The Kier molecular flexibility index (Phi) is 4.47. The first-order chi connectivity index (χ1) is 9.91. The van der Waals surface area contributed by atoms with E-state index in [9.17, 15) is 9.59 Å². The van der Waals surface area contributed by atoms with E-state index in [-0.39, 0.29) is 31.0 Å². The summed E-state index contributed by atoms with van der Waals surface area (Å²) >= 11 is 0. The molecule has 0 bridgehead atoms. The highest BCUT2D eigenvalue weighted by Gasteiger charge is 2.32. The summed E-state index contributed by atoms with van der Waals surface area (Å²) in [6.07, 6.45) is 0.280. The molecule has 3 amide bonds. The Balaban J connectivity index is 1.93. The number of carbonyl (C=O) groups excluding carboxylic acids is 2. The van der Waals surface area contributed by atoms with E-state index in [1.807, 2.05) is 30.3 Å². The van der Waals surface area contributed by atoms with Crippen molar-refractivity contribution in [1.82, 2.24) is 10.6 Å². The minimum absolute atomic E-state index is 0.00656. The van der Waals surface area contributed by atoms with Gasteiger partial charge >= 0.3 is 6.03 Å². The molecule has 0 aromatic heterocycles. The van der Waals surface area contributed by atoms with Gasteiger partial charge in [0.15, 0.2) is 0 Å². The van der Waals surface area contributed by atoms with Crippen LogP contribution < -0.4 is 15.5 Å². The summed E-state index contributed by atoms with van der Waals surface area (Å²) in [5.41, 5.74) is 0.147. The van der Waals surface area contributed by atoms with Crippen LogP contribution >= 0.6 is 0 Å². The molecule has 1 aromatic rings. The molecule has 1 saturated heterocycles. The van der Waals surface area contributed by atoms with Gasteiger partial charge in [-0.25, -0.2) is 4.79 Å². The molecule has 1 heterocycles. The van der Waals surface area contributed by atoms with Gasteiger partial charge in [-0.1, -0.05) is 18.2 Å². The SMILES string of the molecule is CC(C)(CO)NC(=O)NC1CC(=O)N(c2ccccc2)C1. The largest absolute Gasteiger partial charge is 0.394 e. The molecule has 1 aliphatic heterocycles. The highest BCUT2D eigenvalue weighted by Crippen LogP contribution is 2.20. The van der Waals surface area contributed by atoms with Crippen LogP contribution in [0, 0.1) is 0 Å². The first-order valence-electron chi connectivity index (χ1n) is 6.96. The first-order valence-corrected chi connectivity index (χ1v) is 6.96. The highest BCUT2D eigenvalue weighted by atomic mass is 16.3. The number of rotatable bonds is 4. The van der Waals surface area contributed by atoms with Crippen molar-refractivity contribution in [3.63, 3.8) is 0 Å². The second kappa shape index (κ2) is 6.13. The Morgan fingerprint density at radius 3 is 2.67 bits per heavy atom. The number of benzene rings is 1. The summed E-state index contributed by atoms with van der Waals surface area (Å²) in [5, 5.41) is 14.6. The van der Waals surface area contributed by atoms with Crippen molar-refractivity contribution in [1.29, 1.82) is 0 Å². The van der Waals surface area contributed by atoms with Crippen molar-refractivity contribution < 1.29 is 14.7 Å². The molecule has 114 valence electrons. The van der Waals surface area contributed by atoms with E-state index in [2.05, 4.69) is 10.6 Å². The number of aliphatic hydroxyl groups is 1. The zero-order chi connectivity index (χ0) is 15.5. The number of nitrogens with one attached hydrogen (secondary N) is 2. The molecule has 0 aliphatic carbocycles. The highest BCUT2D eigenvalue weighted by molar-refractivity contribution is 5.96. The van der Waals surface area contributed by atoms with Crippen LogP contribution in [0.5, 0.6) is 0 Å². The van der Waals surface area contributed by atoms with Gasteiger partial charge in [-0.2, -0.15) is 0 Å². The molecule has 6 nitrogen and oxygen atoms in total. The first kappa shape index (κ1) is 15.3. The Hall–Kier alpha value is -2.08. The van der Waals surface area contributed by atoms with E-state index >= 15 is 0 Å². The molecular formula is C15H21N3O3. The number of para-hydroxylation sites is 1. The molecule has 6 heteroatoms. The molecule has 0 radical (unpaired) electrons. The summed E-state index contributed by atoms with van der Waals surface area (Å²) in [6, 6.07) is 8.78. The number of nitrogens with zero attached hydrogens (tertiary/aromatic N) is 1. The minimum atomic E-state index is -0.689. The minimum Gasteiger partial charge on any atom is -0.394 e. The van der Waals surface area contributed by atoms with E-state index in [0.29, 0.717) is 6.54 Å². The van der Waals surface area contributed by atoms with Gasteiger partial charge in [0.1, 0.15) is 0 Å². The normalized spacial score (nSPS) is 18.7. The maximum absolute atomic E-state index is 12.0. The van der Waals surface area contributed by atoms with Crippen molar-refractivity contribution >= 4 is 17.6 Å². The van der Waals surface area contributed by atoms with Crippen molar-refractivity contribution in [3.05, 3.63) is 30.3 Å². The van der Waals surface area contributed by atoms with Gasteiger partial charge in [0.25, 0.3) is 0 Å². The molecule has 1 unspecified atom stereocenters. The molecule has 2 rings (SSSR count). The number of hydrogen-bond acceptors (Lipinski definition) is 3. The van der Waals surface area contributed by atoms with Gasteiger partial charge in [0.2, 0.25) is 5.91 Å². The Morgan fingerprint density at radius 1 is 1.38 bits per heavy atom. The van der Waals surface area contributed by atoms with Gasteiger partial charge in [0.05, 0.1) is 18.2 Å². The zero-order valence-corrected chi connectivity index (χ0v) is 12.3. The Labute approximate surface area is 124 Å². The summed E-state index contributed by atoms with van der Waals surface area (Å²) in [6.45, 7) is 3.75. The van der Waals surface area contributed by atoms with Crippen LogP contribution in [0.1, 0.15) is 20.3 Å². The van der Waals surface area contributed by atoms with Crippen LogP contribution in [0.4, 0.5) is 10.5 Å². The van der Waals surface area contributed by atoms with Crippen LogP contribution in [0.25, 0.3) is 0 Å². The number of urea groups is 1. The molecule has 21 heavy (non-hydrogen) atoms. The van der Waals surface area contributed by atoms with Crippen molar-refractivity contribution in [2.24, 2.45) is 0 Å². The van der Waals surface area contributed by atoms with Gasteiger partial charge in [-0.05, 0) is 26.0 Å². The summed E-state index contributed by atoms with van der Waals surface area (Å²) in [5.74, 6) is -0.00656. The maximum atomic E-state index is 12.0. The number of carbonyl (C=O) groups is 2. The molecule has 1 aliphatic rings. The Morgan fingerprint density at radius 2 is 2.05 bits per heavy atom. The predicted octanol–water partition coefficient (Wildman–Crippen LogP) is 0.862. The average Bonchev–Trinajstić information content (AvgIpc) is 2.79. The number of amides is 3. The van der Waals surface area contributed by atoms with E-state index in [4.69, 9.17) is 5.11 Å². The third-order valence-electron chi connectivity index (χ3n) is 3.38. The van der Waals surface area contributed by atoms with Gasteiger partial charge in [-0.15, -0.1) is 0 Å². The quantitative estimate of drug-likeness (QED) is 0.769. The molecule has 0 saturated carbocycles. The molecule has 1 fully saturated rings. The van der Waals surface area contributed by atoms with Crippen molar-refractivity contribution in [3.8, 4) is 0 Å². The van der Waals surface area contributed by atoms with Crippen LogP contribution in [-0.4, -0.2) is 41.8 Å². The van der Waals surface area contributed by atoms with E-state index < -0.39 is 5.54 Å². The van der Waals surface area contributed by atoms with Gasteiger partial charge < -0.3 is 20.6 Å². The molecule has 0 spiro atoms. The fourth-order valence-corrected chi connectivity index (χ4v) is 2.23. The molecule has 1 aromatic carbocycles. The number of hydrogen-bond donors (Lipinski definition) is 3. The average molecular weight is 291 g/mol. The van der Waals surface area contributed by atoms with E-state index in [1.54, 1.807) is 18.7 Å². The van der Waals surface area contributed by atoms with Crippen molar-refractivity contribution in [2.45, 2.75) is 31.8 Å². The summed E-state index contributed by atoms with van der Waals surface area (Å²) < 4.78 is 0. The van der Waals surface area contributed by atoms with E-state index in [0.717, 1.165) is 5.69 Å². The lowest BCUT2D eigenvalue weighted by molar-refractivity contribution is -0.117. The molecule has 3 N–H and O–H groups in total. The van der Waals surface area contributed by atoms with Gasteiger partial charge in [0, 0.05) is 18.7 Å². The predicted molar refractivity (Wildman–Crippen MR) is 80.0 cm³/mol. The fraction of sp³-hybridized carbons (Fsp3) is 0.467. The lowest BCUT2D eigenvalue weighted by atomic mass is 10.1. The zero-order valence-electron chi connectivity index (χ0n) is 12.3. The topological polar surface area (TPSA) is 81.7 Å². The van der Waals surface area contributed by atoms with Crippen molar-refractivity contribution in [2.75, 3.05) is 18.1 Å². The Bertz CT molecular complexity index is 516. The number of aliphatic hydroxyl groups excluding tert-OH is 1. The number of anilines is 1. The second-order valence-electron chi connectivity index (χ2n) is 5.88. The van der Waals surface area contributed by atoms with Crippen LogP contribution in [0.2, 0.25) is 0 Å². The third-order valence-corrected chi connectivity index (χ3v) is 3.38. The fourth-order valence-electron chi connectivity index (χ4n) is 2.23. The van der Waals surface area contributed by atoms with Gasteiger partial charge in [-0.3, -0.25) is 4.79 Å². The van der Waals surface area contributed by atoms with Crippen LogP contribution in [0.3, 0.4) is 0 Å². The molecule has 1 atom stereocenters. The smallest absolute Gasteiger partial charge is 0.315 e. The lowest BCUT2D eigenvalue weighted by Gasteiger charge is -2.25. The van der Waals surface area contributed by atoms with Crippen LogP contribution in [-0.2, 0) is 4.79 Å².